The van der Waals surface area contributed by atoms with Crippen molar-refractivity contribution < 1.29 is 28.2 Å². The van der Waals surface area contributed by atoms with E-state index in [0.29, 0.717) is 0 Å². The first-order valence-electron chi connectivity index (χ1n) is 6.25. The van der Waals surface area contributed by atoms with E-state index in [1.807, 2.05) is 0 Å². The predicted octanol–water partition coefficient (Wildman–Crippen LogP) is 2.52. The quantitative estimate of drug-likeness (QED) is 0.794. The lowest BCUT2D eigenvalue weighted by Gasteiger charge is -2.37. The Bertz CT molecular complexity index is 415. The van der Waals surface area contributed by atoms with Crippen molar-refractivity contribution in [2.24, 2.45) is 5.92 Å². The van der Waals surface area contributed by atoms with Gasteiger partial charge in [0, 0.05) is 25.0 Å². The summed E-state index contributed by atoms with van der Waals surface area (Å²) >= 11 is 0. The average molecular weight is 291 g/mol. The molecule has 0 aromatic carbocycles. The number of ether oxygens (including phenoxy) is 1. The molecule has 0 aromatic heterocycles. The van der Waals surface area contributed by atoms with Gasteiger partial charge in [0.2, 0.25) is 0 Å². The maximum absolute atomic E-state index is 13.6. The molecule has 1 saturated heterocycles. The fourth-order valence-electron chi connectivity index (χ4n) is 1.95. The van der Waals surface area contributed by atoms with Crippen LogP contribution in [-0.2, 0) is 9.53 Å². The van der Waals surface area contributed by atoms with Gasteiger partial charge in [-0.2, -0.15) is 0 Å². The first kappa shape index (κ1) is 16.4. The Morgan fingerprint density at radius 1 is 1.40 bits per heavy atom. The normalized spacial score (nSPS) is 22.9. The van der Waals surface area contributed by atoms with Crippen LogP contribution in [-0.4, -0.2) is 46.7 Å². The van der Waals surface area contributed by atoms with Crippen molar-refractivity contribution in [1.29, 1.82) is 0 Å². The van der Waals surface area contributed by atoms with E-state index in [1.165, 1.54) is 6.08 Å². The van der Waals surface area contributed by atoms with Gasteiger partial charge in [0.25, 0.3) is 5.92 Å². The Morgan fingerprint density at radius 3 is 2.50 bits per heavy atom. The van der Waals surface area contributed by atoms with Crippen LogP contribution >= 0.6 is 0 Å². The lowest BCUT2D eigenvalue weighted by Crippen LogP contribution is -2.50. The summed E-state index contributed by atoms with van der Waals surface area (Å²) in [5, 5.41) is 8.52. The largest absolute Gasteiger partial charge is 0.478 e. The van der Waals surface area contributed by atoms with Gasteiger partial charge < -0.3 is 14.7 Å². The van der Waals surface area contributed by atoms with E-state index in [-0.39, 0.29) is 6.54 Å². The molecule has 1 amide bonds. The summed E-state index contributed by atoms with van der Waals surface area (Å²) in [7, 11) is 0. The molecule has 1 atom stereocenters. The zero-order valence-electron chi connectivity index (χ0n) is 11.7. The molecule has 1 N–H and O–H groups in total. The Morgan fingerprint density at radius 2 is 2.00 bits per heavy atom. The minimum absolute atomic E-state index is 0.0221. The van der Waals surface area contributed by atoms with Crippen LogP contribution < -0.4 is 0 Å². The molecule has 7 heteroatoms. The number of hydrogen-bond donors (Lipinski definition) is 1. The number of amides is 1. The number of carbonyl (C=O) groups excluding carboxylic acids is 1. The molecule has 0 saturated carbocycles. The number of piperidine rings is 1. The van der Waals surface area contributed by atoms with Crippen molar-refractivity contribution in [3.8, 4) is 0 Å². The van der Waals surface area contributed by atoms with Crippen molar-refractivity contribution in [1.82, 2.24) is 4.90 Å². The van der Waals surface area contributed by atoms with Crippen LogP contribution in [0.15, 0.2) is 12.2 Å². The third-order valence-electron chi connectivity index (χ3n) is 2.60. The second-order valence-corrected chi connectivity index (χ2v) is 5.88. The summed E-state index contributed by atoms with van der Waals surface area (Å²) in [5.74, 6) is -4.96. The highest BCUT2D eigenvalue weighted by atomic mass is 19.3. The number of nitrogens with zero attached hydrogens (tertiary/aromatic N) is 1. The summed E-state index contributed by atoms with van der Waals surface area (Å²) < 4.78 is 32.2. The number of aliphatic carboxylic acids is 1. The second kappa shape index (κ2) is 5.76. The topological polar surface area (TPSA) is 66.8 Å². The van der Waals surface area contributed by atoms with Gasteiger partial charge in [0.15, 0.2) is 0 Å². The number of carboxylic acid groups (broad SMARTS) is 1. The number of carboxylic acids is 1. The van der Waals surface area contributed by atoms with Gasteiger partial charge in [-0.15, -0.1) is 0 Å². The van der Waals surface area contributed by atoms with Gasteiger partial charge in [0.1, 0.15) is 5.60 Å². The molecule has 0 aliphatic carbocycles. The predicted molar refractivity (Wildman–Crippen MR) is 67.6 cm³/mol. The van der Waals surface area contributed by atoms with Crippen LogP contribution in [0.25, 0.3) is 0 Å². The smallest absolute Gasteiger partial charge is 0.410 e. The second-order valence-electron chi connectivity index (χ2n) is 5.88. The van der Waals surface area contributed by atoms with Gasteiger partial charge in [-0.05, 0) is 20.8 Å². The van der Waals surface area contributed by atoms with Crippen LogP contribution in [0, 0.1) is 5.92 Å². The molecule has 1 rings (SSSR count). The summed E-state index contributed by atoms with van der Waals surface area (Å²) in [6.07, 6.45) is 0.716. The Kier molecular flexibility index (Phi) is 4.73. The van der Waals surface area contributed by atoms with Crippen molar-refractivity contribution in [3.63, 3.8) is 0 Å². The van der Waals surface area contributed by atoms with Gasteiger partial charge in [-0.3, -0.25) is 0 Å². The van der Waals surface area contributed by atoms with Crippen LogP contribution in [0.5, 0.6) is 0 Å². The first-order valence-corrected chi connectivity index (χ1v) is 6.25. The molecule has 1 heterocycles. The monoisotopic (exact) mass is 291 g/mol. The zero-order valence-corrected chi connectivity index (χ0v) is 11.7. The molecule has 20 heavy (non-hydrogen) atoms. The summed E-state index contributed by atoms with van der Waals surface area (Å²) in [6, 6.07) is 0. The number of likely N-dealkylation sites (tertiary alicyclic amines) is 1. The summed E-state index contributed by atoms with van der Waals surface area (Å²) in [4.78, 5) is 23.2. The van der Waals surface area contributed by atoms with E-state index in [4.69, 9.17) is 9.84 Å². The number of rotatable bonds is 2. The molecule has 0 aromatic rings. The van der Waals surface area contributed by atoms with E-state index in [2.05, 4.69) is 0 Å². The van der Waals surface area contributed by atoms with Crippen molar-refractivity contribution in [3.05, 3.63) is 12.2 Å². The highest BCUT2D eigenvalue weighted by Crippen LogP contribution is 2.31. The molecule has 0 spiro atoms. The van der Waals surface area contributed by atoms with E-state index in [9.17, 15) is 18.4 Å². The number of hydrogen-bond acceptors (Lipinski definition) is 3. The molecular formula is C13H19F2NO4. The van der Waals surface area contributed by atoms with Crippen LogP contribution in [0.2, 0.25) is 0 Å². The molecule has 114 valence electrons. The van der Waals surface area contributed by atoms with Gasteiger partial charge >= 0.3 is 12.1 Å². The van der Waals surface area contributed by atoms with Crippen LogP contribution in [0.1, 0.15) is 27.2 Å². The minimum Gasteiger partial charge on any atom is -0.478 e. The molecule has 1 unspecified atom stereocenters. The number of halogens is 2. The highest BCUT2D eigenvalue weighted by molar-refractivity contribution is 5.79. The molecule has 5 nitrogen and oxygen atoms in total. The average Bonchev–Trinajstić information content (AvgIpc) is 2.21. The van der Waals surface area contributed by atoms with Crippen molar-refractivity contribution in [2.45, 2.75) is 38.7 Å². The molecular weight excluding hydrogens is 272 g/mol. The van der Waals surface area contributed by atoms with Crippen molar-refractivity contribution >= 4 is 12.1 Å². The van der Waals surface area contributed by atoms with Gasteiger partial charge in [-0.25, -0.2) is 18.4 Å². The van der Waals surface area contributed by atoms with E-state index >= 15 is 0 Å². The molecule has 1 fully saturated rings. The highest BCUT2D eigenvalue weighted by Gasteiger charge is 2.42. The lowest BCUT2D eigenvalue weighted by atomic mass is 9.95. The molecule has 0 bridgehead atoms. The van der Waals surface area contributed by atoms with Crippen molar-refractivity contribution in [2.75, 3.05) is 13.1 Å². The zero-order chi connectivity index (χ0) is 15.6. The van der Waals surface area contributed by atoms with E-state index in [0.717, 1.165) is 11.0 Å². The third-order valence-corrected chi connectivity index (χ3v) is 2.60. The molecule has 0 radical (unpaired) electrons. The van der Waals surface area contributed by atoms with Gasteiger partial charge in [0.05, 0.1) is 6.54 Å². The summed E-state index contributed by atoms with van der Waals surface area (Å²) in [5.41, 5.74) is -0.768. The minimum atomic E-state index is -3.05. The fourth-order valence-corrected chi connectivity index (χ4v) is 1.95. The number of carbonyl (C=O) groups is 2. The number of alkyl halides is 2. The molecule has 1 aliphatic heterocycles. The first-order chi connectivity index (χ1) is 8.98. The third kappa shape index (κ3) is 5.54. The van der Waals surface area contributed by atoms with Crippen LogP contribution in [0.4, 0.5) is 13.6 Å². The standard InChI is InChI=1S/C13H19F2NO4/c1-12(2,3)20-11(19)16-7-9(4-5-10(17)18)6-13(14,15)8-16/h4-5,9H,6-8H2,1-3H3,(H,17,18)/b5-4+. The lowest BCUT2D eigenvalue weighted by molar-refractivity contribution is -0.131. The molecule has 1 aliphatic rings. The van der Waals surface area contributed by atoms with E-state index in [1.54, 1.807) is 20.8 Å². The maximum Gasteiger partial charge on any atom is 0.410 e. The van der Waals surface area contributed by atoms with Crippen LogP contribution in [0.3, 0.4) is 0 Å². The fraction of sp³-hybridized carbons (Fsp3) is 0.692. The Hall–Kier alpha value is -1.66. The maximum atomic E-state index is 13.6. The Labute approximate surface area is 116 Å². The SMILES string of the molecule is CC(C)(C)OC(=O)N1CC(/C=C/C(=O)O)CC(F)(F)C1. The van der Waals surface area contributed by atoms with E-state index < -0.39 is 42.5 Å². The van der Waals surface area contributed by atoms with Gasteiger partial charge in [-0.1, -0.05) is 6.08 Å². The Balaban J connectivity index is 2.77. The summed E-state index contributed by atoms with van der Waals surface area (Å²) in [6.45, 7) is 4.26.